The third-order valence-electron chi connectivity index (χ3n) is 0. The van der Waals surface area contributed by atoms with E-state index in [1.165, 1.54) is 0 Å². The van der Waals surface area contributed by atoms with Crippen molar-refractivity contribution < 1.29 is 23.6 Å². The van der Waals surface area contributed by atoms with Gasteiger partial charge in [-0.05, 0) is 0 Å². The van der Waals surface area contributed by atoms with Gasteiger partial charge in [0.25, 0.3) is 0 Å². The Labute approximate surface area is 44.2 Å². The molecule has 0 aromatic rings. The van der Waals surface area contributed by atoms with Gasteiger partial charge in [-0.2, -0.15) is 0 Å². The fourth-order valence-electron chi connectivity index (χ4n) is 0. The summed E-state index contributed by atoms with van der Waals surface area (Å²) in [7, 11) is 4.91. The molecule has 0 N–H and O–H groups in total. The van der Waals surface area contributed by atoms with E-state index in [9.17, 15) is 4.21 Å². The fourth-order valence-corrected chi connectivity index (χ4v) is 0. The van der Waals surface area contributed by atoms with E-state index < -0.39 is 6.98 Å². The van der Waals surface area contributed by atoms with Crippen molar-refractivity contribution in [1.29, 1.82) is 0 Å². The quantitative estimate of drug-likeness (QED) is 0.534. The molecule has 2 radical (unpaired) electrons. The standard InChI is InChI=1S/CH3BOS.W/c1-4(2)3;/h1H3;/i1T;. The molecule has 0 heterocycles. The van der Waals surface area contributed by atoms with E-state index in [0.29, 0.717) is 0 Å². The van der Waals surface area contributed by atoms with E-state index in [4.69, 9.17) is 8.50 Å². The summed E-state index contributed by atoms with van der Waals surface area (Å²) >= 11 is 0.812. The van der Waals surface area contributed by atoms with Crippen LogP contribution in [0.25, 0.3) is 0 Å². The molecule has 0 aromatic heterocycles. The molecule has 0 spiro atoms. The van der Waals surface area contributed by atoms with E-state index in [0.717, 1.165) is 18.0 Å². The molecule has 0 fully saturated rings. The maximum atomic E-state index is 10.2. The van der Waals surface area contributed by atoms with Gasteiger partial charge in [0.2, 0.25) is 0 Å². The minimum atomic E-state index is -2.16. The second kappa shape index (κ2) is 1.57. The zero-order valence-corrected chi connectivity index (χ0v) is 6.26. The molecule has 1 nitrogen and oxygen atoms in total. The van der Waals surface area contributed by atoms with Gasteiger partial charge in [0.1, 0.15) is 0 Å². The Balaban J connectivity index is 3.85. The minimum absolute atomic E-state index is 0.137. The van der Waals surface area contributed by atoms with Gasteiger partial charge in [-0.3, -0.25) is 0 Å². The summed E-state index contributed by atoms with van der Waals surface area (Å²) in [6.07, 6.45) is -0.137. The third-order valence-corrected chi connectivity index (χ3v) is 0. The van der Waals surface area contributed by atoms with Crippen LogP contribution < -0.4 is 0 Å². The van der Waals surface area contributed by atoms with Crippen LogP contribution in [-0.2, 0) is 25.0 Å². The van der Waals surface area contributed by atoms with Crippen LogP contribution in [0.15, 0.2) is 0 Å². The molecular formula is CH3BOSW. The average molecular weight is 260 g/mol. The van der Waals surface area contributed by atoms with Gasteiger partial charge in [-0.15, -0.1) is 0 Å². The Morgan fingerprint density at radius 1 is 2.40 bits per heavy atom. The van der Waals surface area contributed by atoms with E-state index in [1.807, 2.05) is 0 Å². The molecule has 28 valence electrons. The molecule has 0 bridgehead atoms. The van der Waals surface area contributed by atoms with Crippen molar-refractivity contribution >= 4 is 14.1 Å². The predicted molar refractivity (Wildman–Crippen MR) is 19.8 cm³/mol. The SMILES string of the molecule is [3H]C[S]([B])(=O)=[W]. The van der Waals surface area contributed by atoms with E-state index >= 15 is 0 Å². The molecule has 1 atom stereocenters. The molecule has 5 heavy (non-hydrogen) atoms. The Kier molecular flexibility index (Phi) is 1.28. The first-order valence-electron chi connectivity index (χ1n) is 1.56. The van der Waals surface area contributed by atoms with Crippen molar-refractivity contribution in [2.75, 3.05) is 6.23 Å². The van der Waals surface area contributed by atoms with Gasteiger partial charge < -0.3 is 0 Å². The summed E-state index contributed by atoms with van der Waals surface area (Å²) in [6, 6.07) is 0. The first-order valence-corrected chi connectivity index (χ1v) is 6.17. The molecule has 0 rings (SSSR count). The topological polar surface area (TPSA) is 17.1 Å². The molecule has 0 saturated heterocycles. The van der Waals surface area contributed by atoms with Crippen molar-refractivity contribution in [3.8, 4) is 0 Å². The summed E-state index contributed by atoms with van der Waals surface area (Å²) < 4.78 is 16.7. The Morgan fingerprint density at radius 2 is 2.60 bits per heavy atom. The average Bonchev–Trinajstić information content (AvgIpc) is 1.35. The van der Waals surface area contributed by atoms with Crippen LogP contribution in [0.2, 0.25) is 0 Å². The summed E-state index contributed by atoms with van der Waals surface area (Å²) in [6.45, 7) is -2.16. The summed E-state index contributed by atoms with van der Waals surface area (Å²) in [5.74, 6) is 0. The second-order valence-electron chi connectivity index (χ2n) is 0.663. The van der Waals surface area contributed by atoms with Gasteiger partial charge in [0.05, 0.1) is 0 Å². The van der Waals surface area contributed by atoms with Crippen LogP contribution >= 0.6 is 0 Å². The van der Waals surface area contributed by atoms with Crippen LogP contribution in [0.3, 0.4) is 0 Å². The Bertz CT molecular complexity index is 118. The summed E-state index contributed by atoms with van der Waals surface area (Å²) in [5, 5.41) is 0. The van der Waals surface area contributed by atoms with E-state index in [1.54, 1.807) is 0 Å². The summed E-state index contributed by atoms with van der Waals surface area (Å²) in [5.41, 5.74) is 0. The first-order chi connectivity index (χ1) is 2.56. The predicted octanol–water partition coefficient (Wildman–Crippen LogP) is -0.554. The molecule has 0 saturated carbocycles. The zero-order chi connectivity index (χ0) is 5.21. The molecule has 0 aliphatic rings. The number of rotatable bonds is 0. The van der Waals surface area contributed by atoms with Gasteiger partial charge in [0.15, 0.2) is 0 Å². The molecule has 0 aliphatic carbocycles. The molecular weight excluding hydrogens is 255 g/mol. The maximum absolute atomic E-state index is 10.2. The van der Waals surface area contributed by atoms with Crippen LogP contribution in [0.1, 0.15) is 1.37 Å². The Morgan fingerprint density at radius 3 is 2.60 bits per heavy atom. The molecule has 1 unspecified atom stereocenters. The second-order valence-corrected chi connectivity index (χ2v) is 8.07. The number of hydrogen-bond donors (Lipinski definition) is 0. The van der Waals surface area contributed by atoms with Crippen LogP contribution in [0.4, 0.5) is 0 Å². The molecule has 0 aliphatic heterocycles. The first kappa shape index (κ1) is 4.07. The van der Waals surface area contributed by atoms with Crippen molar-refractivity contribution in [1.82, 2.24) is 0 Å². The fraction of sp³-hybridized carbons (Fsp3) is 1.00. The van der Waals surface area contributed by atoms with Gasteiger partial charge in [-0.25, -0.2) is 0 Å². The van der Waals surface area contributed by atoms with Crippen LogP contribution in [0, 0.1) is 0 Å². The monoisotopic (exact) mass is 260 g/mol. The summed E-state index contributed by atoms with van der Waals surface area (Å²) in [4.78, 5) is 0. The third kappa shape index (κ3) is 50.7. The Hall–Kier alpha value is 0.903. The normalized spacial score (nSPS) is 23.6. The van der Waals surface area contributed by atoms with Crippen LogP contribution in [0.5, 0.6) is 0 Å². The zero-order valence-electron chi connectivity index (χ0n) is 3.51. The van der Waals surface area contributed by atoms with Crippen LogP contribution in [-0.4, -0.2) is 17.6 Å². The molecule has 0 amide bonds. The van der Waals surface area contributed by atoms with Crippen molar-refractivity contribution in [2.24, 2.45) is 0 Å². The van der Waals surface area contributed by atoms with Crippen molar-refractivity contribution in [2.45, 2.75) is 0 Å². The molecule has 4 heteroatoms. The number of hydrogen-bond acceptors (Lipinski definition) is 1. The van der Waals surface area contributed by atoms with Gasteiger partial charge >= 0.3 is 43.9 Å². The van der Waals surface area contributed by atoms with E-state index in [-0.39, 0.29) is 6.23 Å². The molecule has 0 aromatic carbocycles. The van der Waals surface area contributed by atoms with Gasteiger partial charge in [0, 0.05) is 0 Å². The van der Waals surface area contributed by atoms with Gasteiger partial charge in [-0.1, -0.05) is 0 Å². The van der Waals surface area contributed by atoms with Crippen molar-refractivity contribution in [3.05, 3.63) is 0 Å². The van der Waals surface area contributed by atoms with E-state index in [2.05, 4.69) is 0 Å². The van der Waals surface area contributed by atoms with Crippen molar-refractivity contribution in [3.63, 3.8) is 0 Å².